The van der Waals surface area contributed by atoms with E-state index in [1.165, 1.54) is 12.1 Å². The van der Waals surface area contributed by atoms with Gasteiger partial charge in [-0.3, -0.25) is 0 Å². The summed E-state index contributed by atoms with van der Waals surface area (Å²) in [6.45, 7) is 4.30. The number of halogens is 6. The predicted molar refractivity (Wildman–Crippen MR) is 141 cm³/mol. The van der Waals surface area contributed by atoms with Crippen molar-refractivity contribution in [2.75, 3.05) is 18.2 Å². The molecule has 0 aliphatic carbocycles. The van der Waals surface area contributed by atoms with Crippen LogP contribution in [-0.4, -0.2) is 34.3 Å². The maximum Gasteiger partial charge on any atom is 0.490 e. The van der Waals surface area contributed by atoms with Crippen LogP contribution < -0.4 is 15.8 Å². The van der Waals surface area contributed by atoms with Crippen LogP contribution in [-0.2, 0) is 4.79 Å². The number of alkyl halides is 3. The van der Waals surface area contributed by atoms with E-state index < -0.39 is 18.0 Å². The number of nitrogen functional groups attached to an aromatic ring is 1. The standard InChI is InChI=1S/C23H27Cl2FN4O.C2HF3O2/c1-4-6-7-8-13(5-2)22-29-18-12-19(31-3)16(27)11-14(18)23(30-22)28-17-10-9-15(24)20(25)21(17)26;3-2(4,5)1(6)7/h9-13H,4-8,27H2,1-3H3,(H,28,29,30);(H,6,7). The molecule has 4 N–H and O–H groups in total. The molecule has 7 nitrogen and oxygen atoms in total. The minimum atomic E-state index is -5.08. The van der Waals surface area contributed by atoms with Gasteiger partial charge in [0.15, 0.2) is 5.82 Å². The Kier molecular flexibility index (Phi) is 11.2. The van der Waals surface area contributed by atoms with E-state index in [1.54, 1.807) is 19.2 Å². The summed E-state index contributed by atoms with van der Waals surface area (Å²) >= 11 is 11.9. The summed E-state index contributed by atoms with van der Waals surface area (Å²) in [5.74, 6) is -1.51. The zero-order valence-corrected chi connectivity index (χ0v) is 22.4. The van der Waals surface area contributed by atoms with Crippen molar-refractivity contribution < 1.29 is 32.2 Å². The number of methoxy groups -OCH3 is 1. The first-order chi connectivity index (χ1) is 17.8. The number of nitrogens with two attached hydrogens (primary N) is 1. The van der Waals surface area contributed by atoms with Crippen molar-refractivity contribution in [2.45, 2.75) is 58.0 Å². The lowest BCUT2D eigenvalue weighted by Gasteiger charge is -2.18. The van der Waals surface area contributed by atoms with Crippen molar-refractivity contribution in [3.8, 4) is 5.75 Å². The third kappa shape index (κ3) is 7.97. The molecule has 3 aromatic rings. The van der Waals surface area contributed by atoms with Crippen molar-refractivity contribution in [3.05, 3.63) is 46.0 Å². The average Bonchev–Trinajstić information content (AvgIpc) is 2.86. The Labute approximate surface area is 227 Å². The second-order valence-corrected chi connectivity index (χ2v) is 9.08. The molecule has 38 heavy (non-hydrogen) atoms. The maximum absolute atomic E-state index is 14.7. The van der Waals surface area contributed by atoms with Gasteiger partial charge in [-0.2, -0.15) is 13.2 Å². The van der Waals surface area contributed by atoms with Gasteiger partial charge < -0.3 is 20.9 Å². The fourth-order valence-corrected chi connectivity index (χ4v) is 3.86. The van der Waals surface area contributed by atoms with E-state index in [1.807, 2.05) is 0 Å². The molecule has 1 atom stereocenters. The average molecular weight is 579 g/mol. The monoisotopic (exact) mass is 578 g/mol. The summed E-state index contributed by atoms with van der Waals surface area (Å²) in [6, 6.07) is 6.58. The molecule has 13 heteroatoms. The molecule has 0 aliphatic rings. The molecule has 0 fully saturated rings. The minimum Gasteiger partial charge on any atom is -0.495 e. The lowest BCUT2D eigenvalue weighted by atomic mass is 9.97. The van der Waals surface area contributed by atoms with Crippen LogP contribution in [0, 0.1) is 5.82 Å². The van der Waals surface area contributed by atoms with E-state index >= 15 is 0 Å². The number of hydrogen-bond acceptors (Lipinski definition) is 6. The van der Waals surface area contributed by atoms with Gasteiger partial charge >= 0.3 is 12.1 Å². The Balaban J connectivity index is 0.000000638. The zero-order chi connectivity index (χ0) is 28.6. The third-order valence-electron chi connectivity index (χ3n) is 5.61. The number of carboxylic acid groups (broad SMARTS) is 1. The predicted octanol–water partition coefficient (Wildman–Crippen LogP) is 8.12. The number of carboxylic acids is 1. The maximum atomic E-state index is 14.7. The van der Waals surface area contributed by atoms with Crippen molar-refractivity contribution >= 4 is 57.3 Å². The number of aliphatic carboxylic acids is 1. The van der Waals surface area contributed by atoms with Gasteiger partial charge in [-0.15, -0.1) is 0 Å². The molecule has 0 spiro atoms. The van der Waals surface area contributed by atoms with Crippen LogP contribution in [0.1, 0.15) is 57.7 Å². The molecule has 3 rings (SSSR count). The fraction of sp³-hybridized carbons (Fsp3) is 0.400. The van der Waals surface area contributed by atoms with Crippen molar-refractivity contribution in [1.82, 2.24) is 9.97 Å². The lowest BCUT2D eigenvalue weighted by molar-refractivity contribution is -0.192. The molecule has 1 heterocycles. The highest BCUT2D eigenvalue weighted by atomic mass is 35.5. The number of ether oxygens (including phenoxy) is 1. The van der Waals surface area contributed by atoms with Crippen LogP contribution in [0.15, 0.2) is 24.3 Å². The molecule has 0 aliphatic heterocycles. The number of nitrogens with one attached hydrogen (secondary N) is 1. The molecule has 2 aromatic carbocycles. The van der Waals surface area contributed by atoms with Gasteiger partial charge in [-0.1, -0.05) is 56.3 Å². The van der Waals surface area contributed by atoms with Gasteiger partial charge in [0.25, 0.3) is 0 Å². The summed E-state index contributed by atoms with van der Waals surface area (Å²) < 4.78 is 51.8. The first kappa shape index (κ1) is 31.2. The Bertz CT molecular complexity index is 1280. The summed E-state index contributed by atoms with van der Waals surface area (Å²) in [4.78, 5) is 18.5. The number of nitrogens with zero attached hydrogens (tertiary/aromatic N) is 2. The normalized spacial score (nSPS) is 12.0. The van der Waals surface area contributed by atoms with Gasteiger partial charge in [-0.05, 0) is 31.0 Å². The Morgan fingerprint density at radius 2 is 1.84 bits per heavy atom. The van der Waals surface area contributed by atoms with E-state index in [-0.39, 0.29) is 21.7 Å². The molecule has 0 radical (unpaired) electrons. The van der Waals surface area contributed by atoms with Gasteiger partial charge in [0.1, 0.15) is 17.4 Å². The van der Waals surface area contributed by atoms with E-state index in [0.717, 1.165) is 32.1 Å². The highest BCUT2D eigenvalue weighted by Crippen LogP contribution is 2.36. The molecule has 1 unspecified atom stereocenters. The minimum absolute atomic E-state index is 0.141. The summed E-state index contributed by atoms with van der Waals surface area (Å²) in [6.07, 6.45) is 0.221. The molecule has 208 valence electrons. The largest absolute Gasteiger partial charge is 0.495 e. The number of fused-ring (bicyclic) bond motifs is 1. The Morgan fingerprint density at radius 3 is 2.39 bits per heavy atom. The topological polar surface area (TPSA) is 110 Å². The van der Waals surface area contributed by atoms with Gasteiger partial charge in [0, 0.05) is 17.4 Å². The summed E-state index contributed by atoms with van der Waals surface area (Å²) in [5.41, 5.74) is 7.41. The number of unbranched alkanes of at least 4 members (excludes halogenated alkanes) is 2. The van der Waals surface area contributed by atoms with E-state index in [4.69, 9.17) is 53.5 Å². The highest BCUT2D eigenvalue weighted by molar-refractivity contribution is 6.42. The fourth-order valence-electron chi connectivity index (χ4n) is 3.55. The SMILES string of the molecule is CCCCCC(CC)c1nc(Nc2ccc(Cl)c(Cl)c2F)c2cc(N)c(OC)cc2n1.O=C(O)C(F)(F)F. The van der Waals surface area contributed by atoms with E-state index in [0.29, 0.717) is 34.0 Å². The number of benzene rings is 2. The van der Waals surface area contributed by atoms with Crippen LogP contribution in [0.2, 0.25) is 10.0 Å². The number of carbonyl (C=O) groups is 1. The number of hydrogen-bond donors (Lipinski definition) is 3. The first-order valence-electron chi connectivity index (χ1n) is 11.7. The number of aromatic nitrogens is 2. The highest BCUT2D eigenvalue weighted by Gasteiger charge is 2.38. The van der Waals surface area contributed by atoms with E-state index in [9.17, 15) is 17.6 Å². The van der Waals surface area contributed by atoms with Crippen LogP contribution in [0.3, 0.4) is 0 Å². The lowest BCUT2D eigenvalue weighted by Crippen LogP contribution is -2.21. The Hall–Kier alpha value is -3.05. The molecular weight excluding hydrogens is 551 g/mol. The molecular formula is C25H28Cl2F4N4O3. The molecule has 0 amide bonds. The quantitative estimate of drug-likeness (QED) is 0.102. The van der Waals surface area contributed by atoms with Crippen LogP contribution >= 0.6 is 23.2 Å². The van der Waals surface area contributed by atoms with Crippen LogP contribution in [0.4, 0.5) is 34.8 Å². The first-order valence-corrected chi connectivity index (χ1v) is 12.4. The van der Waals surface area contributed by atoms with Gasteiger partial charge in [0.2, 0.25) is 0 Å². The van der Waals surface area contributed by atoms with Gasteiger partial charge in [0.05, 0.1) is 34.0 Å². The van der Waals surface area contributed by atoms with Crippen LogP contribution in [0.5, 0.6) is 5.75 Å². The summed E-state index contributed by atoms with van der Waals surface area (Å²) in [5, 5.41) is 10.9. The molecule has 0 saturated carbocycles. The van der Waals surface area contributed by atoms with Crippen LogP contribution in [0.25, 0.3) is 10.9 Å². The van der Waals surface area contributed by atoms with Gasteiger partial charge in [-0.25, -0.2) is 19.2 Å². The van der Waals surface area contributed by atoms with E-state index in [2.05, 4.69) is 19.2 Å². The second kappa shape index (κ2) is 13.7. The zero-order valence-electron chi connectivity index (χ0n) is 20.9. The number of anilines is 3. The molecule has 0 bridgehead atoms. The molecule has 1 aromatic heterocycles. The third-order valence-corrected chi connectivity index (χ3v) is 6.39. The number of rotatable bonds is 9. The Morgan fingerprint density at radius 1 is 1.18 bits per heavy atom. The second-order valence-electron chi connectivity index (χ2n) is 8.29. The molecule has 0 saturated heterocycles. The summed E-state index contributed by atoms with van der Waals surface area (Å²) in [7, 11) is 1.56. The van der Waals surface area contributed by atoms with Crippen molar-refractivity contribution in [1.29, 1.82) is 0 Å². The smallest absolute Gasteiger partial charge is 0.490 e. The van der Waals surface area contributed by atoms with Crippen molar-refractivity contribution in [3.63, 3.8) is 0 Å². The van der Waals surface area contributed by atoms with Crippen molar-refractivity contribution in [2.24, 2.45) is 0 Å².